The Balaban J connectivity index is 0.00000225. The molecule has 14 heteroatoms. The van der Waals surface area contributed by atoms with Crippen molar-refractivity contribution < 1.29 is 37.5 Å². The first-order valence-electron chi connectivity index (χ1n) is 12.0. The molecule has 0 spiro atoms. The fourth-order valence-corrected chi connectivity index (χ4v) is 5.55. The van der Waals surface area contributed by atoms with Gasteiger partial charge in [-0.25, -0.2) is 14.5 Å². The summed E-state index contributed by atoms with van der Waals surface area (Å²) in [5, 5.41) is 20.0. The van der Waals surface area contributed by atoms with Crippen LogP contribution in [0.15, 0.2) is 83.1 Å². The van der Waals surface area contributed by atoms with Gasteiger partial charge in [-0.3, -0.25) is 0 Å². The van der Waals surface area contributed by atoms with Crippen LogP contribution in [-0.2, 0) is 27.8 Å². The molecule has 0 saturated heterocycles. The molecular formula is C30H31F3N4O5S2. The molecule has 0 saturated carbocycles. The van der Waals surface area contributed by atoms with Crippen molar-refractivity contribution in [2.75, 3.05) is 7.11 Å². The molecule has 0 aliphatic carbocycles. The number of thiazole rings is 1. The number of alkyl halides is 3. The van der Waals surface area contributed by atoms with Crippen molar-refractivity contribution in [2.45, 2.75) is 32.3 Å². The van der Waals surface area contributed by atoms with Gasteiger partial charge in [0.2, 0.25) is 5.13 Å². The molecule has 0 bridgehead atoms. The molecule has 0 aliphatic rings. The maximum Gasteiger partial charge on any atom is 0.433 e. The number of carboxylic acids is 1. The molecule has 0 amide bonds. The van der Waals surface area contributed by atoms with Gasteiger partial charge in [-0.1, -0.05) is 61.5 Å². The number of ether oxygens (including phenoxy) is 1. The number of rotatable bonds is 8. The summed E-state index contributed by atoms with van der Waals surface area (Å²) in [5.41, 5.74) is 0.922. The zero-order valence-electron chi connectivity index (χ0n) is 21.7. The number of benzene rings is 3. The summed E-state index contributed by atoms with van der Waals surface area (Å²) < 4.78 is 61.8. The summed E-state index contributed by atoms with van der Waals surface area (Å²) in [5.74, 6) is -0.740. The molecule has 2 heterocycles. The summed E-state index contributed by atoms with van der Waals surface area (Å²) in [6.07, 6.45) is -5.03. The summed E-state index contributed by atoms with van der Waals surface area (Å²) in [6.45, 7) is 0. The van der Waals surface area contributed by atoms with E-state index in [0.29, 0.717) is 26.5 Å². The normalized spacial score (nSPS) is 11.5. The molecule has 0 aliphatic heterocycles. The number of methoxy groups -OCH3 is 1. The Labute approximate surface area is 258 Å². The predicted octanol–water partition coefficient (Wildman–Crippen LogP) is 7.00. The number of aromatic carboxylic acids is 1. The van der Waals surface area contributed by atoms with Gasteiger partial charge in [0, 0.05) is 22.9 Å². The maximum absolute atomic E-state index is 14.7. The van der Waals surface area contributed by atoms with E-state index in [4.69, 9.17) is 9.88 Å². The van der Waals surface area contributed by atoms with Gasteiger partial charge >= 0.3 is 12.1 Å². The van der Waals surface area contributed by atoms with Crippen LogP contribution in [0.1, 0.15) is 42.2 Å². The molecule has 0 fully saturated rings. The number of nitrogens with zero attached hydrogens (tertiary/aromatic N) is 3. The largest absolute Gasteiger partial charge is 0.870 e. The minimum atomic E-state index is -4.86. The molecule has 1 atom stereocenters. The second-order valence-corrected chi connectivity index (χ2v) is 10.9. The van der Waals surface area contributed by atoms with Crippen LogP contribution < -0.4 is 9.88 Å². The molecular weight excluding hydrogens is 617 g/mol. The molecule has 2 aromatic heterocycles. The Morgan fingerprint density at radius 2 is 1.64 bits per heavy atom. The van der Waals surface area contributed by atoms with E-state index in [9.17, 15) is 27.3 Å². The van der Waals surface area contributed by atoms with Crippen LogP contribution in [0.5, 0.6) is 5.75 Å². The van der Waals surface area contributed by atoms with Crippen molar-refractivity contribution in [2.24, 2.45) is 5.14 Å². The van der Waals surface area contributed by atoms with E-state index >= 15 is 0 Å². The van der Waals surface area contributed by atoms with Crippen molar-refractivity contribution in [3.8, 4) is 33.3 Å². The van der Waals surface area contributed by atoms with Crippen molar-refractivity contribution in [3.63, 3.8) is 0 Å². The van der Waals surface area contributed by atoms with Crippen molar-refractivity contribution in [1.82, 2.24) is 14.8 Å². The molecule has 1 unspecified atom stereocenters. The number of thiol groups is 1. The number of nitrogens with two attached hydrogens (primary N) is 1. The van der Waals surface area contributed by atoms with Gasteiger partial charge in [0.25, 0.3) is 0 Å². The summed E-state index contributed by atoms with van der Waals surface area (Å²) in [7, 11) is -0.562. The van der Waals surface area contributed by atoms with Gasteiger partial charge in [0.1, 0.15) is 5.75 Å². The molecule has 5 rings (SSSR count). The zero-order valence-corrected chi connectivity index (χ0v) is 23.5. The summed E-state index contributed by atoms with van der Waals surface area (Å²) in [4.78, 5) is 15.7. The average molecular weight is 649 g/mol. The van der Waals surface area contributed by atoms with Gasteiger partial charge in [-0.05, 0) is 47.0 Å². The van der Waals surface area contributed by atoms with Gasteiger partial charge in [0.15, 0.2) is 27.3 Å². The van der Waals surface area contributed by atoms with Crippen LogP contribution in [0.2, 0.25) is 0 Å². The molecule has 9 nitrogen and oxygen atoms in total. The van der Waals surface area contributed by atoms with Crippen LogP contribution in [0.25, 0.3) is 27.5 Å². The Morgan fingerprint density at radius 3 is 2.20 bits per heavy atom. The molecule has 44 heavy (non-hydrogen) atoms. The lowest BCUT2D eigenvalue weighted by Gasteiger charge is -2.12. The van der Waals surface area contributed by atoms with Crippen molar-refractivity contribution in [3.05, 3.63) is 101 Å². The lowest BCUT2D eigenvalue weighted by molar-refractivity contribution is -0.143. The Bertz CT molecular complexity index is 1770. The third kappa shape index (κ3) is 7.39. The molecule has 4 N–H and O–H groups in total. The number of carbonyl (C=O) groups is 1. The predicted molar refractivity (Wildman–Crippen MR) is 165 cm³/mol. The minimum Gasteiger partial charge on any atom is -0.870 e. The highest BCUT2D eigenvalue weighted by molar-refractivity contribution is 7.82. The van der Waals surface area contributed by atoms with Crippen LogP contribution >= 0.6 is 11.3 Å². The lowest BCUT2D eigenvalue weighted by Crippen LogP contribution is -2.16. The van der Waals surface area contributed by atoms with Gasteiger partial charge in [-0.15, -0.1) is 16.5 Å². The van der Waals surface area contributed by atoms with Gasteiger partial charge in [0.05, 0.1) is 12.8 Å². The number of hydrogen-bond donors (Lipinski definition) is 2. The van der Waals surface area contributed by atoms with E-state index in [1.165, 1.54) is 12.1 Å². The monoisotopic (exact) mass is 648 g/mol. The van der Waals surface area contributed by atoms with E-state index < -0.39 is 28.8 Å². The topological polar surface area (TPSA) is 150 Å². The highest BCUT2D eigenvalue weighted by Gasteiger charge is 2.41. The third-order valence-electron chi connectivity index (χ3n) is 6.26. The first kappa shape index (κ1) is 35.8. The summed E-state index contributed by atoms with van der Waals surface area (Å²) in [6, 6.07) is 20.4. The maximum atomic E-state index is 14.7. The molecule has 5 aromatic rings. The smallest absolute Gasteiger partial charge is 0.433 e. The average Bonchev–Trinajstić information content (AvgIpc) is 3.59. The van der Waals surface area contributed by atoms with Crippen LogP contribution in [0.3, 0.4) is 0 Å². The second kappa shape index (κ2) is 14.4. The van der Waals surface area contributed by atoms with Crippen LogP contribution in [0, 0.1) is 0 Å². The van der Waals surface area contributed by atoms with E-state index in [2.05, 4.69) is 10.1 Å². The van der Waals surface area contributed by atoms with E-state index in [-0.39, 0.29) is 48.8 Å². The van der Waals surface area contributed by atoms with Crippen LogP contribution in [-0.4, -0.2) is 38.4 Å². The third-order valence-corrected chi connectivity index (χ3v) is 7.88. The highest BCUT2D eigenvalue weighted by atomic mass is 32.2. The van der Waals surface area contributed by atoms with E-state index in [0.717, 1.165) is 27.8 Å². The van der Waals surface area contributed by atoms with E-state index in [1.807, 2.05) is 24.3 Å². The SMILES string of the molecule is C.C.COc1cccc(-c2cccc(-c3nn(-c4nc(C(=O)O)cs4)c(C(F)(F)F)c3Cc3ccc([SH+](N)=O)cc3)c2)c1.[OH-]. The number of aromatic nitrogens is 3. The summed E-state index contributed by atoms with van der Waals surface area (Å²) >= 11 is 0.742. The number of halogens is 3. The first-order chi connectivity index (χ1) is 19.5. The molecule has 3 aromatic carbocycles. The fourth-order valence-electron chi connectivity index (χ4n) is 4.35. The zero-order chi connectivity index (χ0) is 29.3. The second-order valence-electron chi connectivity index (χ2n) is 8.89. The highest BCUT2D eigenvalue weighted by Crippen LogP contribution is 2.40. The van der Waals surface area contributed by atoms with Crippen LogP contribution in [0.4, 0.5) is 13.2 Å². The van der Waals surface area contributed by atoms with E-state index in [1.54, 1.807) is 43.5 Å². The quantitative estimate of drug-likeness (QED) is 0.136. The van der Waals surface area contributed by atoms with Gasteiger partial charge in [-0.2, -0.15) is 18.3 Å². The van der Waals surface area contributed by atoms with Gasteiger partial charge < -0.3 is 15.3 Å². The number of carboxylic acid groups (broad SMARTS) is 1. The Morgan fingerprint density at radius 1 is 1.02 bits per heavy atom. The number of hydrogen-bond acceptors (Lipinski definition) is 7. The Hall–Kier alpha value is -4.37. The molecule has 234 valence electrons. The fraction of sp³-hybridized carbons (Fsp3) is 0.167. The van der Waals surface area contributed by atoms with Crippen molar-refractivity contribution in [1.29, 1.82) is 0 Å². The lowest BCUT2D eigenvalue weighted by atomic mass is 9.96. The Kier molecular flexibility index (Phi) is 11.7. The first-order valence-corrected chi connectivity index (χ1v) is 14.2. The minimum absolute atomic E-state index is 0. The molecule has 0 radical (unpaired) electrons. The standard InChI is InChI=1S/C28H21F3N4O4S2.2CH4.H2O/c1-39-20-7-3-5-18(14-20)17-4-2-6-19(13-17)24-22(12-16-8-10-21(11-9-16)41(32)38)25(28(29,30)31)35(34-24)27-33-23(15-40-27)26(36)37;;;/h2-11,13-15H,12H2,1H3,(H2,32,38)(H,36,37);2*1H4;1H2. The van der Waals surface area contributed by atoms with Crippen molar-refractivity contribution >= 4 is 28.3 Å².